The van der Waals surface area contributed by atoms with Crippen molar-refractivity contribution in [1.29, 1.82) is 0 Å². The number of carbonyl (C=O) groups excluding carboxylic acids is 1. The van der Waals surface area contributed by atoms with E-state index >= 15 is 0 Å². The second-order valence-electron chi connectivity index (χ2n) is 7.95. The van der Waals surface area contributed by atoms with Crippen LogP contribution < -0.4 is 5.73 Å². The van der Waals surface area contributed by atoms with E-state index in [9.17, 15) is 9.90 Å². The van der Waals surface area contributed by atoms with E-state index in [1.807, 2.05) is 74.5 Å². The van der Waals surface area contributed by atoms with E-state index in [4.69, 9.17) is 10.5 Å². The summed E-state index contributed by atoms with van der Waals surface area (Å²) in [6.45, 7) is 4.09. The van der Waals surface area contributed by atoms with Gasteiger partial charge in [-0.1, -0.05) is 60.7 Å². The van der Waals surface area contributed by atoms with E-state index in [-0.39, 0.29) is 33.8 Å². The minimum Gasteiger partial charge on any atom is -0.452 e. The van der Waals surface area contributed by atoms with Crippen LogP contribution in [-0.2, 0) is 9.53 Å². The van der Waals surface area contributed by atoms with Crippen LogP contribution in [0, 0.1) is 11.8 Å². The number of esters is 1. The van der Waals surface area contributed by atoms with Gasteiger partial charge < -0.3 is 15.6 Å². The standard InChI is InChI=1S/C22H25NO3S/c1-22(2)16(15-18(24)17(23)20(15)27-22)21(25)26-19(13-9-5-3-6-10-13)14-11-7-4-8-12-14/h3-12,15-20,24H,23H2,1-2H3/t15-,16-,17+,18+,20-/m0/s1. The van der Waals surface area contributed by atoms with Crippen molar-refractivity contribution in [2.75, 3.05) is 0 Å². The Hall–Kier alpha value is -1.82. The van der Waals surface area contributed by atoms with Gasteiger partial charge in [-0.3, -0.25) is 4.79 Å². The van der Waals surface area contributed by atoms with Crippen molar-refractivity contribution in [2.24, 2.45) is 17.6 Å². The predicted octanol–water partition coefficient (Wildman–Crippen LogP) is 3.15. The maximum Gasteiger partial charge on any atom is 0.311 e. The third kappa shape index (κ3) is 3.18. The predicted molar refractivity (Wildman–Crippen MR) is 107 cm³/mol. The topological polar surface area (TPSA) is 72.5 Å². The molecule has 5 heteroatoms. The zero-order valence-electron chi connectivity index (χ0n) is 15.5. The average molecular weight is 384 g/mol. The first-order valence-corrected chi connectivity index (χ1v) is 10.2. The van der Waals surface area contributed by atoms with E-state index in [0.29, 0.717) is 0 Å². The summed E-state index contributed by atoms with van der Waals surface area (Å²) in [7, 11) is 0. The van der Waals surface area contributed by atoms with Gasteiger partial charge >= 0.3 is 5.97 Å². The number of aliphatic hydroxyl groups is 1. The maximum absolute atomic E-state index is 13.3. The molecule has 2 aromatic carbocycles. The van der Waals surface area contributed by atoms with E-state index in [2.05, 4.69) is 0 Å². The molecule has 0 amide bonds. The first-order chi connectivity index (χ1) is 12.9. The van der Waals surface area contributed by atoms with Crippen molar-refractivity contribution in [3.8, 4) is 0 Å². The quantitative estimate of drug-likeness (QED) is 0.794. The molecule has 1 aliphatic heterocycles. The highest BCUT2D eigenvalue weighted by Gasteiger charge is 2.64. The zero-order chi connectivity index (χ0) is 19.2. The third-order valence-corrected chi connectivity index (χ3v) is 7.58. The molecule has 2 fully saturated rings. The van der Waals surface area contributed by atoms with Gasteiger partial charge in [-0.2, -0.15) is 0 Å². The molecule has 2 aliphatic rings. The summed E-state index contributed by atoms with van der Waals surface area (Å²) in [6, 6.07) is 19.3. The Morgan fingerprint density at radius 2 is 1.59 bits per heavy atom. The highest BCUT2D eigenvalue weighted by atomic mass is 32.2. The number of carbonyl (C=O) groups is 1. The number of hydrogen-bond acceptors (Lipinski definition) is 5. The number of hydrogen-bond donors (Lipinski definition) is 2. The lowest BCUT2D eigenvalue weighted by Crippen LogP contribution is -2.63. The summed E-state index contributed by atoms with van der Waals surface area (Å²) in [5, 5.41) is 10.5. The number of rotatable bonds is 4. The molecule has 0 unspecified atom stereocenters. The zero-order valence-corrected chi connectivity index (χ0v) is 16.3. The number of fused-ring (bicyclic) bond motifs is 1. The minimum atomic E-state index is -0.645. The Labute approximate surface area is 164 Å². The van der Waals surface area contributed by atoms with Crippen molar-refractivity contribution < 1.29 is 14.6 Å². The van der Waals surface area contributed by atoms with Crippen LogP contribution in [0.4, 0.5) is 0 Å². The van der Waals surface area contributed by atoms with Crippen LogP contribution >= 0.6 is 11.8 Å². The Morgan fingerprint density at radius 3 is 2.11 bits per heavy atom. The largest absolute Gasteiger partial charge is 0.452 e. The lowest BCUT2D eigenvalue weighted by Gasteiger charge is -2.44. The summed E-state index contributed by atoms with van der Waals surface area (Å²) in [6.07, 6.45) is -1.11. The molecule has 0 spiro atoms. The van der Waals surface area contributed by atoms with Crippen molar-refractivity contribution in [1.82, 2.24) is 0 Å². The fraction of sp³-hybridized carbons (Fsp3) is 0.409. The Bertz CT molecular complexity index is 771. The molecule has 1 saturated heterocycles. The van der Waals surface area contributed by atoms with Crippen LogP contribution in [0.25, 0.3) is 0 Å². The van der Waals surface area contributed by atoms with Gasteiger partial charge in [0.25, 0.3) is 0 Å². The van der Waals surface area contributed by atoms with Crippen LogP contribution in [0.1, 0.15) is 31.1 Å². The maximum atomic E-state index is 13.3. The molecular weight excluding hydrogens is 358 g/mol. The van der Waals surface area contributed by atoms with Gasteiger partial charge in [0.2, 0.25) is 0 Å². The SMILES string of the molecule is CC1(C)S[C@@H]2[C@H](N)[C@H](O)[C@@H]2[C@H]1C(=O)OC(c1ccccc1)c1ccccc1. The molecule has 0 radical (unpaired) electrons. The van der Waals surface area contributed by atoms with Crippen molar-refractivity contribution in [3.05, 3.63) is 71.8 Å². The smallest absolute Gasteiger partial charge is 0.311 e. The number of benzene rings is 2. The normalized spacial score (nSPS) is 31.2. The third-order valence-electron chi connectivity index (χ3n) is 5.81. The lowest BCUT2D eigenvalue weighted by molar-refractivity contribution is -0.160. The highest BCUT2D eigenvalue weighted by Crippen LogP contribution is 2.59. The Morgan fingerprint density at radius 1 is 1.07 bits per heavy atom. The second kappa shape index (κ2) is 6.97. The first-order valence-electron chi connectivity index (χ1n) is 9.32. The number of thioether (sulfide) groups is 1. The van der Waals surface area contributed by atoms with E-state index in [1.54, 1.807) is 11.8 Å². The van der Waals surface area contributed by atoms with Gasteiger partial charge in [0, 0.05) is 22.0 Å². The number of nitrogens with two attached hydrogens (primary N) is 1. The van der Waals surface area contributed by atoms with Crippen LogP contribution in [0.5, 0.6) is 0 Å². The summed E-state index contributed by atoms with van der Waals surface area (Å²) in [5.41, 5.74) is 7.92. The molecule has 4 rings (SSSR count). The van der Waals surface area contributed by atoms with Crippen molar-refractivity contribution in [2.45, 2.75) is 42.1 Å². The van der Waals surface area contributed by atoms with Gasteiger partial charge in [0.1, 0.15) is 0 Å². The first kappa shape index (κ1) is 18.5. The van der Waals surface area contributed by atoms with Gasteiger partial charge in [0.15, 0.2) is 6.10 Å². The van der Waals surface area contributed by atoms with Crippen molar-refractivity contribution >= 4 is 17.7 Å². The van der Waals surface area contributed by atoms with E-state index in [0.717, 1.165) is 11.1 Å². The molecule has 0 bridgehead atoms. The second-order valence-corrected chi connectivity index (χ2v) is 9.78. The molecule has 2 aromatic rings. The minimum absolute atomic E-state index is 0.111. The molecule has 0 aromatic heterocycles. The number of ether oxygens (including phenoxy) is 1. The van der Waals surface area contributed by atoms with E-state index < -0.39 is 12.2 Å². The molecule has 1 aliphatic carbocycles. The monoisotopic (exact) mass is 383 g/mol. The number of aliphatic hydroxyl groups excluding tert-OH is 1. The Kier molecular flexibility index (Phi) is 4.78. The molecule has 5 atom stereocenters. The molecule has 27 heavy (non-hydrogen) atoms. The highest BCUT2D eigenvalue weighted by molar-refractivity contribution is 8.01. The van der Waals surface area contributed by atoms with Crippen LogP contribution in [0.3, 0.4) is 0 Å². The molecule has 1 saturated carbocycles. The van der Waals surface area contributed by atoms with E-state index in [1.165, 1.54) is 0 Å². The fourth-order valence-electron chi connectivity index (χ4n) is 4.40. The van der Waals surface area contributed by atoms with Crippen molar-refractivity contribution in [3.63, 3.8) is 0 Å². The van der Waals surface area contributed by atoms with Gasteiger partial charge in [-0.25, -0.2) is 0 Å². The fourth-order valence-corrected chi connectivity index (χ4v) is 6.30. The molecule has 1 heterocycles. The molecular formula is C22H25NO3S. The summed E-state index contributed by atoms with van der Waals surface area (Å²) in [5.74, 6) is -0.777. The molecule has 142 valence electrons. The van der Waals surface area contributed by atoms with Gasteiger partial charge in [0.05, 0.1) is 12.0 Å². The summed E-state index contributed by atoms with van der Waals surface area (Å²) < 4.78 is 5.75. The molecule has 4 nitrogen and oxygen atoms in total. The average Bonchev–Trinajstić information content (AvgIpc) is 2.95. The van der Waals surface area contributed by atoms with Gasteiger partial charge in [-0.15, -0.1) is 11.8 Å². The van der Waals surface area contributed by atoms with Gasteiger partial charge in [-0.05, 0) is 25.0 Å². The molecule has 3 N–H and O–H groups in total. The summed E-state index contributed by atoms with van der Waals surface area (Å²) in [4.78, 5) is 13.3. The Balaban J connectivity index is 1.63. The van der Waals surface area contributed by atoms with Crippen LogP contribution in [-0.4, -0.2) is 33.2 Å². The summed E-state index contributed by atoms with van der Waals surface area (Å²) >= 11 is 1.70. The van der Waals surface area contributed by atoms with Crippen LogP contribution in [0.2, 0.25) is 0 Å². The lowest BCUT2D eigenvalue weighted by atomic mass is 9.66. The van der Waals surface area contributed by atoms with Crippen LogP contribution in [0.15, 0.2) is 60.7 Å².